The SMILES string of the molecule is CCCNC(=NC)NCC(C)(C)NS(C)(=O)=O.I. The van der Waals surface area contributed by atoms with Crippen LogP contribution in [-0.4, -0.2) is 46.3 Å². The quantitative estimate of drug-likeness (QED) is 0.350. The molecule has 8 heteroatoms. The van der Waals surface area contributed by atoms with E-state index in [2.05, 4.69) is 27.3 Å². The summed E-state index contributed by atoms with van der Waals surface area (Å²) in [6.45, 7) is 6.99. The summed E-state index contributed by atoms with van der Waals surface area (Å²) in [7, 11) is -1.52. The molecular weight excluding hydrogens is 367 g/mol. The van der Waals surface area contributed by atoms with Gasteiger partial charge < -0.3 is 10.6 Å². The number of aliphatic imine (C=N–C) groups is 1. The average molecular weight is 392 g/mol. The molecule has 0 atom stereocenters. The van der Waals surface area contributed by atoms with Gasteiger partial charge in [0.1, 0.15) is 0 Å². The van der Waals surface area contributed by atoms with E-state index in [9.17, 15) is 8.42 Å². The molecule has 0 fully saturated rings. The lowest BCUT2D eigenvalue weighted by molar-refractivity contribution is 0.446. The normalized spacial score (nSPS) is 12.8. The fourth-order valence-electron chi connectivity index (χ4n) is 1.31. The minimum Gasteiger partial charge on any atom is -0.356 e. The number of nitrogens with zero attached hydrogens (tertiary/aromatic N) is 1. The maximum absolute atomic E-state index is 11.1. The van der Waals surface area contributed by atoms with Gasteiger partial charge in [-0.1, -0.05) is 6.92 Å². The fraction of sp³-hybridized carbons (Fsp3) is 0.900. The van der Waals surface area contributed by atoms with Crippen LogP contribution in [0.1, 0.15) is 27.2 Å². The molecule has 18 heavy (non-hydrogen) atoms. The van der Waals surface area contributed by atoms with Gasteiger partial charge in [-0.05, 0) is 20.3 Å². The van der Waals surface area contributed by atoms with Crippen molar-refractivity contribution in [3.05, 3.63) is 0 Å². The third kappa shape index (κ3) is 11.0. The van der Waals surface area contributed by atoms with E-state index in [1.54, 1.807) is 7.05 Å². The zero-order valence-electron chi connectivity index (χ0n) is 11.7. The number of halogens is 1. The maximum atomic E-state index is 11.1. The van der Waals surface area contributed by atoms with Gasteiger partial charge in [-0.25, -0.2) is 13.1 Å². The molecule has 0 radical (unpaired) electrons. The summed E-state index contributed by atoms with van der Waals surface area (Å²) >= 11 is 0. The number of guanidine groups is 1. The molecule has 0 spiro atoms. The average Bonchev–Trinajstić information content (AvgIpc) is 2.14. The Morgan fingerprint density at radius 1 is 1.28 bits per heavy atom. The van der Waals surface area contributed by atoms with Crippen LogP contribution in [-0.2, 0) is 10.0 Å². The van der Waals surface area contributed by atoms with Crippen LogP contribution in [0.4, 0.5) is 0 Å². The van der Waals surface area contributed by atoms with Gasteiger partial charge in [-0.15, -0.1) is 24.0 Å². The first-order chi connectivity index (χ1) is 7.70. The fourth-order valence-corrected chi connectivity index (χ4v) is 2.38. The monoisotopic (exact) mass is 392 g/mol. The van der Waals surface area contributed by atoms with Crippen LogP contribution in [0, 0.1) is 0 Å². The molecule has 3 N–H and O–H groups in total. The highest BCUT2D eigenvalue weighted by Gasteiger charge is 2.22. The van der Waals surface area contributed by atoms with E-state index < -0.39 is 15.6 Å². The lowest BCUT2D eigenvalue weighted by Crippen LogP contribution is -2.53. The molecular formula is C10H25IN4O2S. The molecule has 0 saturated carbocycles. The molecule has 0 aromatic heterocycles. The van der Waals surface area contributed by atoms with Gasteiger partial charge in [-0.3, -0.25) is 4.99 Å². The van der Waals surface area contributed by atoms with Gasteiger partial charge in [0, 0.05) is 25.7 Å². The Balaban J connectivity index is 0. The molecule has 0 aliphatic heterocycles. The van der Waals surface area contributed by atoms with Gasteiger partial charge in [0.15, 0.2) is 5.96 Å². The highest BCUT2D eigenvalue weighted by molar-refractivity contribution is 14.0. The van der Waals surface area contributed by atoms with Gasteiger partial charge in [-0.2, -0.15) is 0 Å². The molecule has 0 saturated heterocycles. The second-order valence-corrected chi connectivity index (χ2v) is 6.36. The molecule has 0 rings (SSSR count). The third-order valence-electron chi connectivity index (χ3n) is 1.93. The number of rotatable bonds is 6. The first-order valence-corrected chi connectivity index (χ1v) is 7.53. The van der Waals surface area contributed by atoms with Crippen molar-refractivity contribution in [3.8, 4) is 0 Å². The molecule has 0 aliphatic carbocycles. The Kier molecular flexibility index (Phi) is 10.0. The first-order valence-electron chi connectivity index (χ1n) is 5.63. The second kappa shape index (κ2) is 8.92. The predicted molar refractivity (Wildman–Crippen MR) is 87.1 cm³/mol. The third-order valence-corrected chi connectivity index (χ3v) is 2.85. The zero-order chi connectivity index (χ0) is 13.5. The summed E-state index contributed by atoms with van der Waals surface area (Å²) in [5.74, 6) is 0.676. The van der Waals surface area contributed by atoms with Gasteiger partial charge in [0.25, 0.3) is 0 Å². The summed E-state index contributed by atoms with van der Waals surface area (Å²) in [6.07, 6.45) is 2.16. The van der Waals surface area contributed by atoms with Crippen molar-refractivity contribution in [2.24, 2.45) is 4.99 Å². The first kappa shape index (κ1) is 20.2. The minimum atomic E-state index is -3.20. The van der Waals surface area contributed by atoms with Crippen molar-refractivity contribution >= 4 is 40.0 Å². The van der Waals surface area contributed by atoms with E-state index >= 15 is 0 Å². The summed E-state index contributed by atoms with van der Waals surface area (Å²) in [5, 5.41) is 6.20. The number of hydrogen-bond acceptors (Lipinski definition) is 3. The van der Waals surface area contributed by atoms with Gasteiger partial charge in [0.2, 0.25) is 10.0 Å². The Hall–Kier alpha value is -0.0900. The van der Waals surface area contributed by atoms with Gasteiger partial charge in [0.05, 0.1) is 6.26 Å². The topological polar surface area (TPSA) is 82.6 Å². The van der Waals surface area contributed by atoms with Crippen molar-refractivity contribution in [1.82, 2.24) is 15.4 Å². The Morgan fingerprint density at radius 2 is 1.83 bits per heavy atom. The maximum Gasteiger partial charge on any atom is 0.209 e. The predicted octanol–water partition coefficient (Wildman–Crippen LogP) is 0.507. The molecule has 0 amide bonds. The van der Waals surface area contributed by atoms with Crippen LogP contribution in [0.3, 0.4) is 0 Å². The van der Waals surface area contributed by atoms with Crippen LogP contribution >= 0.6 is 24.0 Å². The van der Waals surface area contributed by atoms with Crippen LogP contribution in [0.15, 0.2) is 4.99 Å². The van der Waals surface area contributed by atoms with E-state index in [-0.39, 0.29) is 24.0 Å². The minimum absolute atomic E-state index is 0. The van der Waals surface area contributed by atoms with Gasteiger partial charge >= 0.3 is 0 Å². The Morgan fingerprint density at radius 3 is 2.22 bits per heavy atom. The van der Waals surface area contributed by atoms with Crippen LogP contribution < -0.4 is 15.4 Å². The van der Waals surface area contributed by atoms with Crippen molar-refractivity contribution in [1.29, 1.82) is 0 Å². The Bertz CT molecular complexity index is 355. The smallest absolute Gasteiger partial charge is 0.209 e. The second-order valence-electron chi connectivity index (χ2n) is 4.61. The standard InChI is InChI=1S/C10H24N4O2S.HI/c1-6-7-12-9(11-4)13-8-10(2,3)14-17(5,15)16;/h14H,6-8H2,1-5H3,(H2,11,12,13);1H. The summed E-state index contributed by atoms with van der Waals surface area (Å²) in [4.78, 5) is 4.04. The van der Waals surface area contributed by atoms with Crippen LogP contribution in [0.2, 0.25) is 0 Å². The van der Waals surface area contributed by atoms with E-state index in [1.807, 2.05) is 13.8 Å². The van der Waals surface area contributed by atoms with E-state index in [1.165, 1.54) is 0 Å². The van der Waals surface area contributed by atoms with E-state index in [4.69, 9.17) is 0 Å². The zero-order valence-corrected chi connectivity index (χ0v) is 14.8. The van der Waals surface area contributed by atoms with Crippen LogP contribution in [0.5, 0.6) is 0 Å². The molecule has 6 nitrogen and oxygen atoms in total. The molecule has 0 aromatic rings. The number of sulfonamides is 1. The largest absolute Gasteiger partial charge is 0.356 e. The molecule has 0 heterocycles. The summed E-state index contributed by atoms with van der Waals surface area (Å²) in [5.41, 5.74) is -0.558. The van der Waals surface area contributed by atoms with Crippen molar-refractivity contribution in [2.45, 2.75) is 32.7 Å². The van der Waals surface area contributed by atoms with Crippen molar-refractivity contribution in [3.63, 3.8) is 0 Å². The lowest BCUT2D eigenvalue weighted by atomic mass is 10.1. The number of nitrogens with one attached hydrogen (secondary N) is 3. The van der Waals surface area contributed by atoms with Crippen molar-refractivity contribution in [2.75, 3.05) is 26.4 Å². The highest BCUT2D eigenvalue weighted by atomic mass is 127. The molecule has 0 bridgehead atoms. The summed E-state index contributed by atoms with van der Waals surface area (Å²) < 4.78 is 24.9. The highest BCUT2D eigenvalue weighted by Crippen LogP contribution is 2.01. The van der Waals surface area contributed by atoms with E-state index in [0.29, 0.717) is 12.5 Å². The van der Waals surface area contributed by atoms with Crippen molar-refractivity contribution < 1.29 is 8.42 Å². The molecule has 110 valence electrons. The van der Waals surface area contributed by atoms with E-state index in [0.717, 1.165) is 19.2 Å². The Labute approximate surface area is 127 Å². The van der Waals surface area contributed by atoms with Crippen LogP contribution in [0.25, 0.3) is 0 Å². The molecule has 0 aromatic carbocycles. The summed E-state index contributed by atoms with van der Waals surface area (Å²) in [6, 6.07) is 0. The number of hydrogen-bond donors (Lipinski definition) is 3. The molecule has 0 aliphatic rings. The molecule has 0 unspecified atom stereocenters. The lowest BCUT2D eigenvalue weighted by Gasteiger charge is -2.26.